The fraction of sp³-hybridized carbons (Fsp3) is 0.562. The molecule has 134 valence electrons. The summed E-state index contributed by atoms with van der Waals surface area (Å²) in [7, 11) is -3.78. The number of sulfonamides is 1. The van der Waals surface area contributed by atoms with Gasteiger partial charge in [-0.3, -0.25) is 10.2 Å². The van der Waals surface area contributed by atoms with Crippen molar-refractivity contribution in [1.29, 1.82) is 0 Å². The van der Waals surface area contributed by atoms with Gasteiger partial charge in [-0.05, 0) is 44.0 Å². The monoisotopic (exact) mass is 355 g/mol. The Kier molecular flexibility index (Phi) is 6.59. The highest BCUT2D eigenvalue weighted by atomic mass is 32.2. The highest BCUT2D eigenvalue weighted by Crippen LogP contribution is 2.28. The Labute approximate surface area is 143 Å². The Morgan fingerprint density at radius 1 is 1.25 bits per heavy atom. The molecule has 1 amide bonds. The fourth-order valence-corrected chi connectivity index (χ4v) is 4.62. The predicted octanol–water partition coefficient (Wildman–Crippen LogP) is 1.40. The summed E-state index contributed by atoms with van der Waals surface area (Å²) in [6.07, 6.45) is 4.53. The summed E-state index contributed by atoms with van der Waals surface area (Å²) in [5.74, 6) is 5.24. The van der Waals surface area contributed by atoms with E-state index in [2.05, 4.69) is 0 Å². The molecule has 0 aromatic heterocycles. The molecule has 8 heteroatoms. The lowest BCUT2D eigenvalue weighted by Gasteiger charge is -2.32. The number of amides is 1. The largest absolute Gasteiger partial charge is 0.494 e. The molecule has 0 heterocycles. The molecular formula is C16H25N3O4S. The van der Waals surface area contributed by atoms with Gasteiger partial charge in [0.15, 0.2) is 0 Å². The lowest BCUT2D eigenvalue weighted by molar-refractivity contribution is -0.121. The minimum atomic E-state index is -3.78. The Bertz CT molecular complexity index is 640. The maximum atomic E-state index is 13.0. The van der Waals surface area contributed by atoms with Gasteiger partial charge in [0, 0.05) is 6.04 Å². The van der Waals surface area contributed by atoms with Gasteiger partial charge in [-0.15, -0.1) is 0 Å². The first kappa shape index (κ1) is 18.7. The number of carbonyl (C=O) groups excluding carboxylic acids is 1. The summed E-state index contributed by atoms with van der Waals surface area (Å²) < 4.78 is 32.7. The molecule has 1 aromatic carbocycles. The van der Waals surface area contributed by atoms with E-state index < -0.39 is 15.9 Å². The molecule has 0 aliphatic heterocycles. The van der Waals surface area contributed by atoms with Gasteiger partial charge in [-0.2, -0.15) is 4.31 Å². The summed E-state index contributed by atoms with van der Waals surface area (Å²) in [5.41, 5.74) is 2.02. The number of rotatable bonds is 7. The third-order valence-electron chi connectivity index (χ3n) is 4.18. The van der Waals surface area contributed by atoms with Crippen LogP contribution in [-0.4, -0.2) is 37.8 Å². The lowest BCUT2D eigenvalue weighted by Crippen LogP contribution is -2.48. The van der Waals surface area contributed by atoms with Crippen molar-refractivity contribution in [2.45, 2.75) is 50.0 Å². The average molecular weight is 355 g/mol. The molecule has 1 fully saturated rings. The van der Waals surface area contributed by atoms with Crippen LogP contribution in [-0.2, 0) is 14.8 Å². The first-order valence-corrected chi connectivity index (χ1v) is 9.67. The molecule has 0 unspecified atom stereocenters. The van der Waals surface area contributed by atoms with Gasteiger partial charge < -0.3 is 4.74 Å². The van der Waals surface area contributed by atoms with E-state index >= 15 is 0 Å². The van der Waals surface area contributed by atoms with Crippen LogP contribution < -0.4 is 16.0 Å². The molecule has 0 atom stereocenters. The van der Waals surface area contributed by atoms with Gasteiger partial charge in [-0.25, -0.2) is 14.3 Å². The number of hydrogen-bond acceptors (Lipinski definition) is 5. The zero-order chi connectivity index (χ0) is 17.6. The summed E-state index contributed by atoms with van der Waals surface area (Å²) in [6.45, 7) is 2.11. The van der Waals surface area contributed by atoms with E-state index in [0.717, 1.165) is 32.1 Å². The van der Waals surface area contributed by atoms with Gasteiger partial charge in [0.1, 0.15) is 5.75 Å². The standard InChI is InChI=1S/C16H25N3O4S/c1-2-23-14-8-10-15(11-9-14)24(21,22)19(12-16(20)18-17)13-6-4-3-5-7-13/h8-11,13H,2-7,12,17H2,1H3,(H,18,20). The van der Waals surface area contributed by atoms with Crippen molar-refractivity contribution in [2.24, 2.45) is 5.84 Å². The quantitative estimate of drug-likeness (QED) is 0.437. The minimum absolute atomic E-state index is 0.154. The summed E-state index contributed by atoms with van der Waals surface area (Å²) in [5, 5.41) is 0. The SMILES string of the molecule is CCOc1ccc(S(=O)(=O)N(CC(=O)NN)C2CCCCC2)cc1. The minimum Gasteiger partial charge on any atom is -0.494 e. The normalized spacial score (nSPS) is 16.1. The van der Waals surface area contributed by atoms with Crippen molar-refractivity contribution in [3.63, 3.8) is 0 Å². The number of benzene rings is 1. The number of nitrogens with one attached hydrogen (secondary N) is 1. The Hall–Kier alpha value is -1.64. The Morgan fingerprint density at radius 2 is 1.88 bits per heavy atom. The molecular weight excluding hydrogens is 330 g/mol. The smallest absolute Gasteiger partial charge is 0.249 e. The van der Waals surface area contributed by atoms with Crippen molar-refractivity contribution in [3.05, 3.63) is 24.3 Å². The van der Waals surface area contributed by atoms with Crippen molar-refractivity contribution < 1.29 is 17.9 Å². The highest BCUT2D eigenvalue weighted by Gasteiger charge is 2.33. The molecule has 1 aliphatic carbocycles. The maximum Gasteiger partial charge on any atom is 0.249 e. The lowest BCUT2D eigenvalue weighted by atomic mass is 9.95. The number of hydrazine groups is 1. The third-order valence-corrected chi connectivity index (χ3v) is 6.10. The number of nitrogens with zero attached hydrogens (tertiary/aromatic N) is 1. The molecule has 0 bridgehead atoms. The molecule has 0 radical (unpaired) electrons. The van der Waals surface area contributed by atoms with E-state index in [4.69, 9.17) is 10.6 Å². The van der Waals surface area contributed by atoms with Gasteiger partial charge in [0.2, 0.25) is 15.9 Å². The predicted molar refractivity (Wildman–Crippen MR) is 90.7 cm³/mol. The van der Waals surface area contributed by atoms with Crippen LogP contribution in [0.2, 0.25) is 0 Å². The Morgan fingerprint density at radius 3 is 2.42 bits per heavy atom. The summed E-state index contributed by atoms with van der Waals surface area (Å²) in [6, 6.07) is 6.09. The summed E-state index contributed by atoms with van der Waals surface area (Å²) in [4.78, 5) is 11.9. The first-order chi connectivity index (χ1) is 11.5. The van der Waals surface area contributed by atoms with E-state index in [0.29, 0.717) is 12.4 Å². The molecule has 3 N–H and O–H groups in total. The maximum absolute atomic E-state index is 13.0. The van der Waals surface area contributed by atoms with Gasteiger partial charge in [-0.1, -0.05) is 19.3 Å². The van der Waals surface area contributed by atoms with Crippen LogP contribution in [0.15, 0.2) is 29.2 Å². The van der Waals surface area contributed by atoms with Crippen LogP contribution in [0.25, 0.3) is 0 Å². The third kappa shape index (κ3) is 4.46. The molecule has 0 spiro atoms. The molecule has 1 aliphatic rings. The van der Waals surface area contributed by atoms with Crippen LogP contribution in [0.3, 0.4) is 0 Å². The van der Waals surface area contributed by atoms with Gasteiger partial charge >= 0.3 is 0 Å². The van der Waals surface area contributed by atoms with E-state index in [1.807, 2.05) is 12.3 Å². The molecule has 1 aromatic rings. The second kappa shape index (κ2) is 8.46. The van der Waals surface area contributed by atoms with Crippen LogP contribution in [0.4, 0.5) is 0 Å². The number of nitrogens with two attached hydrogens (primary N) is 1. The van der Waals surface area contributed by atoms with E-state index in [-0.39, 0.29) is 17.5 Å². The summed E-state index contributed by atoms with van der Waals surface area (Å²) >= 11 is 0. The van der Waals surface area contributed by atoms with Crippen LogP contribution in [0.1, 0.15) is 39.0 Å². The molecule has 0 saturated heterocycles. The van der Waals surface area contributed by atoms with Crippen molar-refractivity contribution in [2.75, 3.05) is 13.2 Å². The molecule has 24 heavy (non-hydrogen) atoms. The van der Waals surface area contributed by atoms with E-state index in [1.54, 1.807) is 12.1 Å². The van der Waals surface area contributed by atoms with Crippen LogP contribution in [0, 0.1) is 0 Å². The number of hydrogen-bond donors (Lipinski definition) is 2. The average Bonchev–Trinajstić information content (AvgIpc) is 2.60. The zero-order valence-corrected chi connectivity index (χ0v) is 14.7. The molecule has 1 saturated carbocycles. The second-order valence-electron chi connectivity index (χ2n) is 5.81. The van der Waals surface area contributed by atoms with Crippen LogP contribution in [0.5, 0.6) is 5.75 Å². The number of ether oxygens (including phenoxy) is 1. The van der Waals surface area contributed by atoms with E-state index in [9.17, 15) is 13.2 Å². The Balaban J connectivity index is 2.29. The number of carbonyl (C=O) groups is 1. The van der Waals surface area contributed by atoms with Crippen LogP contribution >= 0.6 is 0 Å². The van der Waals surface area contributed by atoms with Crippen molar-refractivity contribution in [3.8, 4) is 5.75 Å². The highest BCUT2D eigenvalue weighted by molar-refractivity contribution is 7.89. The zero-order valence-electron chi connectivity index (χ0n) is 13.9. The van der Waals surface area contributed by atoms with Gasteiger partial charge in [0.05, 0.1) is 18.0 Å². The van der Waals surface area contributed by atoms with Crippen molar-refractivity contribution >= 4 is 15.9 Å². The van der Waals surface area contributed by atoms with E-state index in [1.165, 1.54) is 16.4 Å². The molecule has 2 rings (SSSR count). The van der Waals surface area contributed by atoms with Crippen molar-refractivity contribution in [1.82, 2.24) is 9.73 Å². The first-order valence-electron chi connectivity index (χ1n) is 8.23. The topological polar surface area (TPSA) is 102 Å². The molecule has 7 nitrogen and oxygen atoms in total. The van der Waals surface area contributed by atoms with Gasteiger partial charge in [0.25, 0.3) is 0 Å². The fourth-order valence-electron chi connectivity index (χ4n) is 2.98. The second-order valence-corrected chi connectivity index (χ2v) is 7.70.